The van der Waals surface area contributed by atoms with Gasteiger partial charge in [0.15, 0.2) is 0 Å². The molecule has 35 heavy (non-hydrogen) atoms. The maximum Gasteiger partial charge on any atom is 0.334 e. The van der Waals surface area contributed by atoms with Crippen LogP contribution in [-0.2, 0) is 19.5 Å². The van der Waals surface area contributed by atoms with Gasteiger partial charge in [-0.1, -0.05) is 38.5 Å². The molecule has 0 amide bonds. The number of nitrogens with zero attached hydrogens (tertiary/aromatic N) is 7. The minimum Gasteiger partial charge on any atom is -0.334 e. The third-order valence-electron chi connectivity index (χ3n) is 6.02. The molecule has 178 valence electrons. The number of pyridine rings is 1. The fourth-order valence-electron chi connectivity index (χ4n) is 4.40. The van der Waals surface area contributed by atoms with Crippen LogP contribution in [0.1, 0.15) is 38.1 Å². The van der Waals surface area contributed by atoms with Crippen molar-refractivity contribution in [1.82, 2.24) is 39.3 Å². The summed E-state index contributed by atoms with van der Waals surface area (Å²) in [7, 11) is 0. The number of hydrogen-bond donors (Lipinski definition) is 1. The molecule has 0 spiro atoms. The van der Waals surface area contributed by atoms with Crippen LogP contribution in [-0.4, -0.2) is 39.3 Å². The third-order valence-corrected chi connectivity index (χ3v) is 6.02. The van der Waals surface area contributed by atoms with Crippen LogP contribution >= 0.6 is 0 Å². The predicted molar refractivity (Wildman–Crippen MR) is 134 cm³/mol. The summed E-state index contributed by atoms with van der Waals surface area (Å²) in [5.41, 5.74) is 4.70. The molecular weight excluding hydrogens is 440 g/mol. The molecule has 0 atom stereocenters. The Bertz CT molecular complexity index is 1480. The van der Waals surface area contributed by atoms with Gasteiger partial charge in [0.2, 0.25) is 5.82 Å². The van der Waals surface area contributed by atoms with Gasteiger partial charge in [-0.2, -0.15) is 5.21 Å². The van der Waals surface area contributed by atoms with Crippen molar-refractivity contribution in [3.05, 3.63) is 89.0 Å². The predicted octanol–water partition coefficient (Wildman–Crippen LogP) is 4.09. The van der Waals surface area contributed by atoms with Crippen LogP contribution in [0.4, 0.5) is 0 Å². The normalized spacial score (nSPS) is 11.3. The first-order chi connectivity index (χ1) is 17.2. The van der Waals surface area contributed by atoms with E-state index in [0.29, 0.717) is 12.4 Å². The van der Waals surface area contributed by atoms with Crippen LogP contribution in [0.2, 0.25) is 0 Å². The van der Waals surface area contributed by atoms with Crippen LogP contribution in [0, 0.1) is 0 Å². The fraction of sp³-hybridized carbons (Fsp3) is 0.269. The van der Waals surface area contributed by atoms with E-state index in [2.05, 4.69) is 44.0 Å². The first-order valence-electron chi connectivity index (χ1n) is 11.9. The molecule has 5 aromatic rings. The van der Waals surface area contributed by atoms with E-state index in [0.717, 1.165) is 59.7 Å². The van der Waals surface area contributed by atoms with Crippen molar-refractivity contribution in [2.24, 2.45) is 0 Å². The van der Waals surface area contributed by atoms with E-state index in [1.54, 1.807) is 10.8 Å². The van der Waals surface area contributed by atoms with Crippen LogP contribution in [0.15, 0.2) is 71.9 Å². The summed E-state index contributed by atoms with van der Waals surface area (Å²) >= 11 is 0. The molecule has 0 aliphatic rings. The van der Waals surface area contributed by atoms with Gasteiger partial charge < -0.3 is 4.57 Å². The number of hydrogen-bond acceptors (Lipinski definition) is 5. The first-order valence-corrected chi connectivity index (χ1v) is 11.9. The molecule has 0 radical (unpaired) electrons. The number of imidazole rings is 1. The van der Waals surface area contributed by atoms with Crippen LogP contribution < -0.4 is 5.69 Å². The second-order valence-corrected chi connectivity index (χ2v) is 8.52. The Balaban J connectivity index is 1.49. The van der Waals surface area contributed by atoms with Crippen LogP contribution in [0.5, 0.6) is 0 Å². The molecule has 0 fully saturated rings. The molecule has 0 unspecified atom stereocenters. The average Bonchev–Trinajstić information content (AvgIpc) is 3.63. The minimum absolute atomic E-state index is 0.0455. The van der Waals surface area contributed by atoms with Crippen molar-refractivity contribution in [3.8, 4) is 28.3 Å². The summed E-state index contributed by atoms with van der Waals surface area (Å²) in [6.45, 7) is 5.54. The third kappa shape index (κ3) is 4.57. The van der Waals surface area contributed by atoms with Gasteiger partial charge in [0.25, 0.3) is 0 Å². The van der Waals surface area contributed by atoms with Gasteiger partial charge >= 0.3 is 5.69 Å². The lowest BCUT2D eigenvalue weighted by atomic mass is 10.0. The van der Waals surface area contributed by atoms with E-state index in [-0.39, 0.29) is 5.69 Å². The highest BCUT2D eigenvalue weighted by molar-refractivity contribution is 5.70. The second-order valence-electron chi connectivity index (χ2n) is 8.52. The first kappa shape index (κ1) is 22.5. The topological polar surface area (TPSA) is 99.2 Å². The SMILES string of the molecule is CCCc1cn(-c2cccn2CCC)c(=O)n1Cc1cc(-c2cccc(-c3nn[nH]n3)c2)ccn1. The molecule has 5 rings (SSSR count). The van der Waals surface area contributed by atoms with Gasteiger partial charge in [-0.25, -0.2) is 4.79 Å². The van der Waals surface area contributed by atoms with Gasteiger partial charge in [0, 0.05) is 36.4 Å². The number of aryl methyl sites for hydroxylation is 2. The maximum atomic E-state index is 13.5. The second kappa shape index (κ2) is 9.92. The van der Waals surface area contributed by atoms with E-state index in [4.69, 9.17) is 0 Å². The van der Waals surface area contributed by atoms with E-state index in [9.17, 15) is 4.79 Å². The van der Waals surface area contributed by atoms with Crippen molar-refractivity contribution < 1.29 is 0 Å². The number of aromatic amines is 1. The van der Waals surface area contributed by atoms with E-state index >= 15 is 0 Å². The molecule has 0 aliphatic heterocycles. The number of H-pyrrole nitrogens is 1. The maximum absolute atomic E-state index is 13.5. The zero-order valence-electron chi connectivity index (χ0n) is 19.9. The lowest BCUT2D eigenvalue weighted by molar-refractivity contribution is 0.644. The van der Waals surface area contributed by atoms with Crippen LogP contribution in [0.3, 0.4) is 0 Å². The molecule has 0 saturated heterocycles. The van der Waals surface area contributed by atoms with E-state index in [1.165, 1.54) is 0 Å². The van der Waals surface area contributed by atoms with Crippen molar-refractivity contribution >= 4 is 0 Å². The highest BCUT2D eigenvalue weighted by atomic mass is 16.1. The van der Waals surface area contributed by atoms with Gasteiger partial charge in [0.05, 0.1) is 12.2 Å². The Labute approximate surface area is 203 Å². The molecule has 9 heteroatoms. The Hall–Kier alpha value is -4.27. The number of nitrogens with one attached hydrogen (secondary N) is 1. The molecule has 0 bridgehead atoms. The number of benzene rings is 1. The Morgan fingerprint density at radius 1 is 0.971 bits per heavy atom. The van der Waals surface area contributed by atoms with Crippen molar-refractivity contribution in [2.45, 2.75) is 46.2 Å². The van der Waals surface area contributed by atoms with Gasteiger partial charge in [-0.3, -0.25) is 14.1 Å². The standard InChI is InChI=1S/C26H28N8O/c1-3-7-23-18-34(24-10-6-14-32(24)13-4-2)26(35)33(23)17-22-16-20(11-12-27-22)19-8-5-9-21(15-19)25-28-30-31-29-25/h5-6,8-12,14-16,18H,3-4,7,13,17H2,1-2H3,(H,28,29,30,31). The monoisotopic (exact) mass is 468 g/mol. The summed E-state index contributed by atoms with van der Waals surface area (Å²) < 4.78 is 5.73. The van der Waals surface area contributed by atoms with Gasteiger partial charge in [-0.05, 0) is 59.5 Å². The molecular formula is C26H28N8O. The minimum atomic E-state index is -0.0455. The van der Waals surface area contributed by atoms with Gasteiger partial charge in [-0.15, -0.1) is 10.2 Å². The molecule has 4 heterocycles. The lowest BCUT2D eigenvalue weighted by Crippen LogP contribution is -2.26. The average molecular weight is 469 g/mol. The highest BCUT2D eigenvalue weighted by Gasteiger charge is 2.15. The Morgan fingerprint density at radius 2 is 1.83 bits per heavy atom. The molecule has 1 aromatic carbocycles. The Kier molecular flexibility index (Phi) is 6.38. The van der Waals surface area contributed by atoms with E-state index < -0.39 is 0 Å². The smallest absolute Gasteiger partial charge is 0.334 e. The van der Waals surface area contributed by atoms with Crippen molar-refractivity contribution in [3.63, 3.8) is 0 Å². The van der Waals surface area contributed by atoms with E-state index in [1.807, 2.05) is 65.5 Å². The van der Waals surface area contributed by atoms with Crippen LogP contribution in [0.25, 0.3) is 28.3 Å². The zero-order valence-corrected chi connectivity index (χ0v) is 19.9. The molecule has 4 aromatic heterocycles. The molecule has 0 aliphatic carbocycles. The van der Waals surface area contributed by atoms with Crippen molar-refractivity contribution in [1.29, 1.82) is 0 Å². The number of aromatic nitrogens is 8. The Morgan fingerprint density at radius 3 is 2.63 bits per heavy atom. The quantitative estimate of drug-likeness (QED) is 0.351. The highest BCUT2D eigenvalue weighted by Crippen LogP contribution is 2.24. The largest absolute Gasteiger partial charge is 0.334 e. The molecule has 1 N–H and O–H groups in total. The summed E-state index contributed by atoms with van der Waals surface area (Å²) in [6.07, 6.45) is 8.57. The summed E-state index contributed by atoms with van der Waals surface area (Å²) in [6, 6.07) is 16.0. The molecule has 0 saturated carbocycles. The summed E-state index contributed by atoms with van der Waals surface area (Å²) in [4.78, 5) is 18.1. The molecule has 9 nitrogen and oxygen atoms in total. The number of rotatable bonds is 9. The lowest BCUT2D eigenvalue weighted by Gasteiger charge is -2.09. The zero-order chi connectivity index (χ0) is 24.2. The van der Waals surface area contributed by atoms with Gasteiger partial charge in [0.1, 0.15) is 5.82 Å². The van der Waals surface area contributed by atoms with Crippen molar-refractivity contribution in [2.75, 3.05) is 0 Å². The number of tetrazole rings is 1. The fourth-order valence-corrected chi connectivity index (χ4v) is 4.40. The summed E-state index contributed by atoms with van der Waals surface area (Å²) in [5, 5.41) is 14.3. The summed E-state index contributed by atoms with van der Waals surface area (Å²) in [5.74, 6) is 1.44.